The van der Waals surface area contributed by atoms with Crippen LogP contribution in [-0.4, -0.2) is 38.8 Å². The van der Waals surface area contributed by atoms with Gasteiger partial charge in [0.2, 0.25) is 0 Å². The van der Waals surface area contributed by atoms with E-state index in [9.17, 15) is 0 Å². The van der Waals surface area contributed by atoms with Gasteiger partial charge in [-0.2, -0.15) is 10.2 Å². The smallest absolute Gasteiger partial charge is 0.200 e. The normalized spacial score (nSPS) is 10.8. The summed E-state index contributed by atoms with van der Waals surface area (Å²) in [5.74, 6) is 1.80. The maximum absolute atomic E-state index is 6.32. The van der Waals surface area contributed by atoms with Crippen LogP contribution in [0.1, 0.15) is 6.92 Å². The number of nitrogens with zero attached hydrogens (tertiary/aromatic N) is 4. The molecule has 0 radical (unpaired) electrons. The molecule has 0 saturated carbocycles. The van der Waals surface area contributed by atoms with Crippen molar-refractivity contribution < 1.29 is 9.47 Å². The van der Waals surface area contributed by atoms with Crippen LogP contribution in [0.15, 0.2) is 24.4 Å². The average Bonchev–Trinajstić information content (AvgIpc) is 3.16. The molecule has 126 valence electrons. The lowest BCUT2D eigenvalue weighted by Gasteiger charge is -2.12. The number of hydrogen-bond donors (Lipinski definition) is 1. The Hall–Kier alpha value is -2.32. The van der Waals surface area contributed by atoms with Gasteiger partial charge >= 0.3 is 0 Å². The van der Waals surface area contributed by atoms with Gasteiger partial charge < -0.3 is 9.47 Å². The predicted molar refractivity (Wildman–Crippen MR) is 93.8 cm³/mol. The summed E-state index contributed by atoms with van der Waals surface area (Å²) in [4.78, 5) is 0. The second-order valence-corrected chi connectivity index (χ2v) is 5.70. The monoisotopic (exact) mass is 365 g/mol. The van der Waals surface area contributed by atoms with E-state index < -0.39 is 0 Å². The Morgan fingerprint density at radius 1 is 1.29 bits per heavy atom. The molecule has 0 aliphatic rings. The Morgan fingerprint density at radius 3 is 2.71 bits per heavy atom. The number of H-pyrrole nitrogens is 1. The molecule has 0 unspecified atom stereocenters. The summed E-state index contributed by atoms with van der Waals surface area (Å²) < 4.78 is 14.6. The Balaban J connectivity index is 2.25. The number of nitrogens with one attached hydrogen (secondary N) is 1. The van der Waals surface area contributed by atoms with Gasteiger partial charge in [-0.3, -0.25) is 14.3 Å². The highest BCUT2D eigenvalue weighted by molar-refractivity contribution is 7.71. The molecule has 0 aliphatic heterocycles. The van der Waals surface area contributed by atoms with Crippen LogP contribution in [0.25, 0.3) is 17.2 Å². The van der Waals surface area contributed by atoms with Gasteiger partial charge in [0.25, 0.3) is 0 Å². The molecule has 0 atom stereocenters. The van der Waals surface area contributed by atoms with Crippen molar-refractivity contribution >= 4 is 23.8 Å². The van der Waals surface area contributed by atoms with Gasteiger partial charge in [0, 0.05) is 18.8 Å². The van der Waals surface area contributed by atoms with Gasteiger partial charge in [-0.05, 0) is 31.3 Å². The van der Waals surface area contributed by atoms with Crippen LogP contribution in [0.4, 0.5) is 0 Å². The summed E-state index contributed by atoms with van der Waals surface area (Å²) in [5.41, 5.74) is 1.23. The van der Waals surface area contributed by atoms with Crippen LogP contribution in [0.5, 0.6) is 11.5 Å². The minimum atomic E-state index is 0.402. The van der Waals surface area contributed by atoms with Gasteiger partial charge in [0.15, 0.2) is 10.6 Å². The molecule has 0 amide bonds. The van der Waals surface area contributed by atoms with Crippen molar-refractivity contribution in [1.82, 2.24) is 24.5 Å². The first-order valence-corrected chi connectivity index (χ1v) is 8.00. The third kappa shape index (κ3) is 2.78. The van der Waals surface area contributed by atoms with Crippen molar-refractivity contribution in [3.63, 3.8) is 0 Å². The van der Waals surface area contributed by atoms with Crippen molar-refractivity contribution in [3.8, 4) is 28.7 Å². The molecule has 2 aromatic heterocycles. The summed E-state index contributed by atoms with van der Waals surface area (Å²) in [5, 5.41) is 12.0. The molecule has 3 aromatic rings. The zero-order chi connectivity index (χ0) is 17.3. The number of aromatic amines is 1. The summed E-state index contributed by atoms with van der Waals surface area (Å²) in [7, 11) is 3.19. The van der Waals surface area contributed by atoms with Gasteiger partial charge in [0.1, 0.15) is 17.2 Å². The number of methoxy groups -OCH3 is 2. The SMILES string of the molecule is CCn1cc(Cl)c(-c2n[nH]c(=S)n2-c2cc(OC)ccc2OC)n1. The molecule has 0 spiro atoms. The van der Waals surface area contributed by atoms with Crippen LogP contribution >= 0.6 is 23.8 Å². The number of halogens is 1. The molecule has 24 heavy (non-hydrogen) atoms. The summed E-state index contributed by atoms with van der Waals surface area (Å²) in [6, 6.07) is 5.43. The van der Waals surface area contributed by atoms with Gasteiger partial charge in [0.05, 0.1) is 24.9 Å². The molecule has 0 fully saturated rings. The number of hydrogen-bond acceptors (Lipinski definition) is 5. The minimum absolute atomic E-state index is 0.402. The number of aryl methyl sites for hydroxylation is 1. The van der Waals surface area contributed by atoms with Crippen molar-refractivity contribution in [2.24, 2.45) is 0 Å². The Labute approximate surface area is 148 Å². The topological polar surface area (TPSA) is 69.9 Å². The van der Waals surface area contributed by atoms with E-state index in [0.717, 1.165) is 0 Å². The number of ether oxygens (including phenoxy) is 2. The van der Waals surface area contributed by atoms with Crippen LogP contribution in [0.2, 0.25) is 5.02 Å². The average molecular weight is 366 g/mol. The maximum Gasteiger partial charge on any atom is 0.200 e. The van der Waals surface area contributed by atoms with E-state index in [1.165, 1.54) is 0 Å². The predicted octanol–water partition coefficient (Wildman–Crippen LogP) is 3.48. The lowest BCUT2D eigenvalue weighted by Crippen LogP contribution is -2.03. The number of aromatic nitrogens is 5. The van der Waals surface area contributed by atoms with Crippen molar-refractivity contribution in [2.45, 2.75) is 13.5 Å². The van der Waals surface area contributed by atoms with Gasteiger partial charge in [-0.15, -0.1) is 0 Å². The second kappa shape index (κ2) is 6.66. The molecule has 9 heteroatoms. The fraction of sp³-hybridized carbons (Fsp3) is 0.267. The molecule has 0 bridgehead atoms. The first-order chi connectivity index (χ1) is 11.6. The first kappa shape index (κ1) is 16.5. The molecule has 3 rings (SSSR count). The van der Waals surface area contributed by atoms with Crippen molar-refractivity contribution in [3.05, 3.63) is 34.2 Å². The van der Waals surface area contributed by atoms with E-state index in [1.807, 2.05) is 19.1 Å². The summed E-state index contributed by atoms with van der Waals surface area (Å²) in [6.45, 7) is 2.68. The molecular weight excluding hydrogens is 350 g/mol. The highest BCUT2D eigenvalue weighted by atomic mass is 35.5. The van der Waals surface area contributed by atoms with Crippen LogP contribution in [0, 0.1) is 4.77 Å². The summed E-state index contributed by atoms with van der Waals surface area (Å²) in [6.07, 6.45) is 1.75. The van der Waals surface area contributed by atoms with E-state index >= 15 is 0 Å². The molecule has 0 aliphatic carbocycles. The standard InChI is InChI=1S/C15H16ClN5O2S/c1-4-20-8-10(16)13(19-20)14-17-18-15(24)21(14)11-7-9(22-2)5-6-12(11)23-3/h5-8H,4H2,1-3H3,(H,18,24). The van der Waals surface area contributed by atoms with E-state index in [1.54, 1.807) is 35.7 Å². The van der Waals surface area contributed by atoms with Crippen LogP contribution in [0.3, 0.4) is 0 Å². The lowest BCUT2D eigenvalue weighted by molar-refractivity contribution is 0.401. The van der Waals surface area contributed by atoms with Crippen molar-refractivity contribution in [2.75, 3.05) is 14.2 Å². The Kier molecular flexibility index (Phi) is 4.59. The molecule has 7 nitrogen and oxygen atoms in total. The van der Waals surface area contributed by atoms with Gasteiger partial charge in [-0.1, -0.05) is 11.6 Å². The Morgan fingerprint density at radius 2 is 2.08 bits per heavy atom. The highest BCUT2D eigenvalue weighted by Crippen LogP contribution is 2.32. The fourth-order valence-electron chi connectivity index (χ4n) is 2.36. The van der Waals surface area contributed by atoms with E-state index in [-0.39, 0.29) is 0 Å². The first-order valence-electron chi connectivity index (χ1n) is 7.22. The fourth-order valence-corrected chi connectivity index (χ4v) is 2.83. The number of benzene rings is 1. The molecule has 1 aromatic carbocycles. The van der Waals surface area contributed by atoms with Crippen molar-refractivity contribution in [1.29, 1.82) is 0 Å². The van der Waals surface area contributed by atoms with Crippen LogP contribution < -0.4 is 9.47 Å². The minimum Gasteiger partial charge on any atom is -0.497 e. The summed E-state index contributed by atoms with van der Waals surface area (Å²) >= 11 is 11.7. The Bertz CT molecular complexity index is 930. The molecule has 2 heterocycles. The maximum atomic E-state index is 6.32. The quantitative estimate of drug-likeness (QED) is 0.701. The second-order valence-electron chi connectivity index (χ2n) is 4.91. The molecular formula is C15H16ClN5O2S. The third-order valence-electron chi connectivity index (χ3n) is 3.55. The van der Waals surface area contributed by atoms with E-state index in [0.29, 0.717) is 45.0 Å². The highest BCUT2D eigenvalue weighted by Gasteiger charge is 2.20. The van der Waals surface area contributed by atoms with E-state index in [2.05, 4.69) is 15.3 Å². The van der Waals surface area contributed by atoms with Gasteiger partial charge in [-0.25, -0.2) is 0 Å². The van der Waals surface area contributed by atoms with Crippen LogP contribution in [-0.2, 0) is 6.54 Å². The number of rotatable bonds is 5. The largest absolute Gasteiger partial charge is 0.497 e. The zero-order valence-corrected chi connectivity index (χ0v) is 15.0. The van der Waals surface area contributed by atoms with E-state index in [4.69, 9.17) is 33.3 Å². The zero-order valence-electron chi connectivity index (χ0n) is 13.4. The third-order valence-corrected chi connectivity index (χ3v) is 4.10. The molecule has 0 saturated heterocycles. The molecule has 1 N–H and O–H groups in total. The lowest BCUT2D eigenvalue weighted by atomic mass is 10.2.